The highest BCUT2D eigenvalue weighted by Crippen LogP contribution is 2.55. The van der Waals surface area contributed by atoms with E-state index in [0.29, 0.717) is 0 Å². The normalized spacial score (nSPS) is 14.3. The summed E-state index contributed by atoms with van der Waals surface area (Å²) < 4.78 is 5.65. The number of nitrogens with one attached hydrogen (secondary N) is 4. The first kappa shape index (κ1) is 36.8. The van der Waals surface area contributed by atoms with Gasteiger partial charge in [0.1, 0.15) is 5.75 Å². The molecular formula is C50H58N4O. The Kier molecular flexibility index (Phi) is 9.69. The molecule has 0 atom stereocenters. The summed E-state index contributed by atoms with van der Waals surface area (Å²) >= 11 is 0. The molecule has 284 valence electrons. The monoisotopic (exact) mass is 730 g/mol. The lowest BCUT2D eigenvalue weighted by Crippen LogP contribution is -2.24. The molecule has 0 aliphatic carbocycles. The second-order valence-corrected chi connectivity index (χ2v) is 15.3. The lowest BCUT2D eigenvalue weighted by molar-refractivity contribution is 0.415. The molecule has 0 saturated heterocycles. The van der Waals surface area contributed by atoms with Crippen molar-refractivity contribution < 1.29 is 4.74 Å². The molecule has 3 aromatic carbocycles. The van der Waals surface area contributed by atoms with Crippen molar-refractivity contribution in [2.75, 3.05) is 12.4 Å². The van der Waals surface area contributed by atoms with Crippen molar-refractivity contribution in [3.63, 3.8) is 0 Å². The van der Waals surface area contributed by atoms with Crippen LogP contribution >= 0.6 is 0 Å². The third-order valence-corrected chi connectivity index (χ3v) is 13.1. The molecule has 0 spiro atoms. The predicted molar refractivity (Wildman–Crippen MR) is 233 cm³/mol. The van der Waals surface area contributed by atoms with Crippen molar-refractivity contribution in [2.45, 2.75) is 112 Å². The fraction of sp³-hybridized carbons (Fsp3) is 0.360. The number of ether oxygens (including phenoxy) is 1. The first-order valence-corrected chi connectivity index (χ1v) is 21.0. The van der Waals surface area contributed by atoms with Crippen molar-refractivity contribution in [1.82, 2.24) is 15.0 Å². The molecule has 5 nitrogen and oxygen atoms in total. The Morgan fingerprint density at radius 2 is 1.20 bits per heavy atom. The van der Waals surface area contributed by atoms with E-state index in [0.717, 1.165) is 57.1 Å². The van der Waals surface area contributed by atoms with Crippen LogP contribution in [0.25, 0.3) is 39.8 Å². The van der Waals surface area contributed by atoms with Gasteiger partial charge in [-0.1, -0.05) is 91.8 Å². The molecule has 0 saturated carbocycles. The van der Waals surface area contributed by atoms with E-state index in [1.165, 1.54) is 111 Å². The van der Waals surface area contributed by atoms with Crippen molar-refractivity contribution >= 4 is 34.2 Å². The third-order valence-electron chi connectivity index (χ3n) is 13.1. The van der Waals surface area contributed by atoms with E-state index >= 15 is 0 Å². The number of allylic oxidation sites excluding steroid dienone is 1. The van der Waals surface area contributed by atoms with Gasteiger partial charge in [0, 0.05) is 39.0 Å². The Morgan fingerprint density at radius 1 is 0.600 bits per heavy atom. The molecule has 0 unspecified atom stereocenters. The molecule has 2 aliphatic heterocycles. The van der Waals surface area contributed by atoms with Crippen LogP contribution in [0.2, 0.25) is 0 Å². The van der Waals surface area contributed by atoms with Crippen LogP contribution in [0.1, 0.15) is 130 Å². The lowest BCUT2D eigenvalue weighted by atomic mass is 9.73. The number of aromatic amines is 3. The van der Waals surface area contributed by atoms with Gasteiger partial charge in [0.25, 0.3) is 0 Å². The zero-order chi connectivity index (χ0) is 38.6. The molecule has 6 aromatic rings. The summed E-state index contributed by atoms with van der Waals surface area (Å²) in [6.45, 7) is 18.6. The highest BCUT2D eigenvalue weighted by molar-refractivity contribution is 6.06. The molecule has 0 radical (unpaired) electrons. The van der Waals surface area contributed by atoms with Crippen LogP contribution < -0.4 is 20.8 Å². The fourth-order valence-corrected chi connectivity index (χ4v) is 10.3. The molecule has 5 heterocycles. The van der Waals surface area contributed by atoms with Crippen LogP contribution in [0.3, 0.4) is 0 Å². The Hall–Kier alpha value is -5.16. The van der Waals surface area contributed by atoms with E-state index in [4.69, 9.17) is 4.74 Å². The molecule has 2 aliphatic rings. The van der Waals surface area contributed by atoms with Crippen LogP contribution in [-0.2, 0) is 43.9 Å². The van der Waals surface area contributed by atoms with Crippen LogP contribution in [0.15, 0.2) is 60.3 Å². The minimum absolute atomic E-state index is 0.159. The molecular weight excluding hydrogens is 673 g/mol. The van der Waals surface area contributed by atoms with Crippen LogP contribution in [0.4, 0.5) is 5.69 Å². The molecule has 55 heavy (non-hydrogen) atoms. The molecule has 0 fully saturated rings. The van der Waals surface area contributed by atoms with Gasteiger partial charge in [0.2, 0.25) is 0 Å². The van der Waals surface area contributed by atoms with Crippen molar-refractivity contribution in [2.24, 2.45) is 0 Å². The van der Waals surface area contributed by atoms with E-state index in [2.05, 4.69) is 142 Å². The Morgan fingerprint density at radius 3 is 1.82 bits per heavy atom. The molecule has 8 rings (SSSR count). The first-order chi connectivity index (χ1) is 26.8. The van der Waals surface area contributed by atoms with Gasteiger partial charge < -0.3 is 25.0 Å². The van der Waals surface area contributed by atoms with E-state index in [9.17, 15) is 0 Å². The maximum atomic E-state index is 5.65. The number of hydrogen-bond acceptors (Lipinski definition) is 2. The summed E-state index contributed by atoms with van der Waals surface area (Å²) in [5.41, 5.74) is 20.7. The number of rotatable bonds is 10. The van der Waals surface area contributed by atoms with Crippen molar-refractivity contribution in [3.05, 3.63) is 133 Å². The Balaban J connectivity index is 1.62. The molecule has 5 heteroatoms. The average Bonchev–Trinajstić information content (AvgIpc) is 3.95. The molecule has 4 N–H and O–H groups in total. The number of anilines is 1. The summed E-state index contributed by atoms with van der Waals surface area (Å²) in [4.78, 5) is 12.3. The SMILES string of the molecule is CCc1c2[nH]c(c1CC)C(c1ccc(OC)cc1)=c1[nH]c(c(CC)c1CC)=Cc1[nH]c(c(CC)c1CC)-c1c3c(cc4ccccc14)C(CC)(CC)C(=C2)N3. The van der Waals surface area contributed by atoms with Gasteiger partial charge in [-0.05, 0) is 137 Å². The number of aromatic nitrogens is 3. The zero-order valence-corrected chi connectivity index (χ0v) is 34.4. The number of methoxy groups -OCH3 is 1. The largest absolute Gasteiger partial charge is 0.497 e. The minimum Gasteiger partial charge on any atom is -0.497 e. The smallest absolute Gasteiger partial charge is 0.118 e. The summed E-state index contributed by atoms with van der Waals surface area (Å²) in [5, 5.41) is 9.15. The van der Waals surface area contributed by atoms with E-state index in [1.807, 2.05) is 0 Å². The highest BCUT2D eigenvalue weighted by atomic mass is 16.5. The predicted octanol–water partition coefficient (Wildman–Crippen LogP) is 10.8. The van der Waals surface area contributed by atoms with Crippen LogP contribution in [-0.4, -0.2) is 22.1 Å². The molecule has 8 bridgehead atoms. The number of benzene rings is 3. The first-order valence-electron chi connectivity index (χ1n) is 21.0. The standard InChI is InChI=1S/C50H58N4O/c1-10-32-35(13-4)46-44(29-22-24-31(55-9)25-23-29)47-36(14-5)34(12-3)42(53-47)28-43-50(16-7,17-8)39-26-30-20-18-19-21-38(30)45(49(39)54-43)48-37(15-6)33(11-2)41(52-48)27-40(32)51-46/h18-28,51-54H,10-17H2,1-9H3. The summed E-state index contributed by atoms with van der Waals surface area (Å²) in [7, 11) is 1.74. The topological polar surface area (TPSA) is 68.6 Å². The summed E-state index contributed by atoms with van der Waals surface area (Å²) in [6, 6.07) is 20.1. The van der Waals surface area contributed by atoms with E-state index in [-0.39, 0.29) is 5.41 Å². The molecule has 3 aromatic heterocycles. The van der Waals surface area contributed by atoms with Gasteiger partial charge in [-0.25, -0.2) is 0 Å². The van der Waals surface area contributed by atoms with Gasteiger partial charge in [-0.3, -0.25) is 0 Å². The minimum atomic E-state index is -0.159. The van der Waals surface area contributed by atoms with E-state index in [1.54, 1.807) is 7.11 Å². The maximum absolute atomic E-state index is 5.65. The van der Waals surface area contributed by atoms with Crippen LogP contribution in [0, 0.1) is 0 Å². The van der Waals surface area contributed by atoms with Crippen LogP contribution in [0.5, 0.6) is 5.75 Å². The molecule has 0 amide bonds. The van der Waals surface area contributed by atoms with Gasteiger partial charge in [-0.2, -0.15) is 0 Å². The Labute approximate surface area is 327 Å². The van der Waals surface area contributed by atoms with Crippen molar-refractivity contribution in [1.29, 1.82) is 0 Å². The quantitative estimate of drug-likeness (QED) is 0.113. The van der Waals surface area contributed by atoms with Gasteiger partial charge >= 0.3 is 0 Å². The zero-order valence-electron chi connectivity index (χ0n) is 34.4. The Bertz CT molecular complexity index is 2580. The summed E-state index contributed by atoms with van der Waals surface area (Å²) in [6.07, 6.45) is 12.6. The number of H-pyrrole nitrogens is 3. The van der Waals surface area contributed by atoms with E-state index < -0.39 is 0 Å². The summed E-state index contributed by atoms with van der Waals surface area (Å²) in [5.74, 6) is 0.862. The maximum Gasteiger partial charge on any atom is 0.118 e. The second kappa shape index (κ2) is 14.5. The lowest BCUT2D eigenvalue weighted by Gasteiger charge is -2.29. The van der Waals surface area contributed by atoms with Gasteiger partial charge in [-0.15, -0.1) is 0 Å². The van der Waals surface area contributed by atoms with Crippen molar-refractivity contribution in [3.8, 4) is 17.0 Å². The fourth-order valence-electron chi connectivity index (χ4n) is 10.3. The number of fused-ring (bicyclic) bond motifs is 10. The number of hydrogen-bond donors (Lipinski definition) is 4. The second-order valence-electron chi connectivity index (χ2n) is 15.3. The van der Waals surface area contributed by atoms with Gasteiger partial charge in [0.05, 0.1) is 29.5 Å². The highest BCUT2D eigenvalue weighted by Gasteiger charge is 2.43. The third kappa shape index (κ3) is 5.48. The van der Waals surface area contributed by atoms with Gasteiger partial charge in [0.15, 0.2) is 0 Å². The average molecular weight is 731 g/mol.